The maximum absolute atomic E-state index is 14.5. The number of rotatable bonds is 5. The maximum atomic E-state index is 14.5. The summed E-state index contributed by atoms with van der Waals surface area (Å²) in [7, 11) is 0. The summed E-state index contributed by atoms with van der Waals surface area (Å²) in [5.41, 5.74) is -1.05. The van der Waals surface area contributed by atoms with Gasteiger partial charge in [-0.05, 0) is 39.0 Å². The summed E-state index contributed by atoms with van der Waals surface area (Å²) in [6.07, 6.45) is 1.25. The number of ether oxygens (including phenoxy) is 2. The third-order valence-electron chi connectivity index (χ3n) is 4.08. The fourth-order valence-corrected chi connectivity index (χ4v) is 3.16. The van der Waals surface area contributed by atoms with Crippen molar-refractivity contribution in [2.45, 2.75) is 26.4 Å². The minimum absolute atomic E-state index is 0.0294. The first-order chi connectivity index (χ1) is 14.0. The van der Waals surface area contributed by atoms with E-state index in [-0.39, 0.29) is 38.6 Å². The fraction of sp³-hybridized carbons (Fsp3) is 0.182. The van der Waals surface area contributed by atoms with Crippen LogP contribution in [0.1, 0.15) is 35.5 Å². The molecule has 1 aromatic heterocycles. The molecule has 0 saturated heterocycles. The zero-order valence-electron chi connectivity index (χ0n) is 16.3. The molecule has 0 bridgehead atoms. The lowest BCUT2D eigenvalue weighted by molar-refractivity contribution is 0.0730. The zero-order valence-corrected chi connectivity index (χ0v) is 17.8. The number of alkyl halides is 1. The van der Waals surface area contributed by atoms with E-state index in [9.17, 15) is 13.6 Å². The fourth-order valence-electron chi connectivity index (χ4n) is 2.57. The van der Waals surface area contributed by atoms with Crippen LogP contribution in [0, 0.1) is 12.7 Å². The molecule has 0 spiro atoms. The van der Waals surface area contributed by atoms with Crippen molar-refractivity contribution in [3.8, 4) is 17.2 Å². The van der Waals surface area contributed by atoms with Crippen LogP contribution in [-0.4, -0.2) is 11.0 Å². The molecular formula is C22H17Cl2F2NO3. The molecule has 30 heavy (non-hydrogen) atoms. The highest BCUT2D eigenvalue weighted by atomic mass is 35.5. The van der Waals surface area contributed by atoms with Crippen LogP contribution in [0.2, 0.25) is 10.0 Å². The highest BCUT2D eigenvalue weighted by Crippen LogP contribution is 2.35. The van der Waals surface area contributed by atoms with E-state index in [1.54, 1.807) is 24.3 Å². The monoisotopic (exact) mass is 451 g/mol. The van der Waals surface area contributed by atoms with Gasteiger partial charge in [0.05, 0.1) is 27.5 Å². The Morgan fingerprint density at radius 2 is 1.70 bits per heavy atom. The van der Waals surface area contributed by atoms with Crippen LogP contribution in [-0.2, 0) is 5.67 Å². The van der Waals surface area contributed by atoms with Gasteiger partial charge in [0.2, 0.25) is 0 Å². The number of carbonyl (C=O) groups excluding carboxylic acids is 1. The average Bonchev–Trinajstić information content (AvgIpc) is 2.65. The highest BCUT2D eigenvalue weighted by molar-refractivity contribution is 6.32. The van der Waals surface area contributed by atoms with E-state index in [1.165, 1.54) is 26.1 Å². The number of hydrogen-bond acceptors (Lipinski definition) is 4. The Morgan fingerprint density at radius 1 is 1.03 bits per heavy atom. The van der Waals surface area contributed by atoms with Gasteiger partial charge in [-0.15, -0.1) is 0 Å². The first kappa shape index (κ1) is 22.0. The zero-order chi connectivity index (χ0) is 22.1. The Hall–Kier alpha value is -2.70. The normalized spacial score (nSPS) is 11.3. The SMILES string of the molecule is Cc1ccc(OC(=O)c2cc(Cl)c(Oc3cnc(C(C)(C)F)c(Cl)c3)cc2F)cc1. The molecule has 1 heterocycles. The van der Waals surface area contributed by atoms with Crippen LogP contribution >= 0.6 is 23.2 Å². The number of aryl methyl sites for hydroxylation is 1. The molecule has 0 fully saturated rings. The summed E-state index contributed by atoms with van der Waals surface area (Å²) in [4.78, 5) is 16.2. The van der Waals surface area contributed by atoms with E-state index < -0.39 is 17.5 Å². The average molecular weight is 452 g/mol. The topological polar surface area (TPSA) is 48.4 Å². The number of aromatic nitrogens is 1. The second kappa shape index (κ2) is 8.58. The number of benzene rings is 2. The van der Waals surface area contributed by atoms with Crippen LogP contribution in [0.15, 0.2) is 48.7 Å². The van der Waals surface area contributed by atoms with Gasteiger partial charge in [-0.2, -0.15) is 0 Å². The Kier molecular flexibility index (Phi) is 6.29. The molecule has 8 heteroatoms. The molecule has 0 amide bonds. The van der Waals surface area contributed by atoms with Gasteiger partial charge in [-0.1, -0.05) is 40.9 Å². The third kappa shape index (κ3) is 5.07. The van der Waals surface area contributed by atoms with Crippen molar-refractivity contribution in [1.82, 2.24) is 4.98 Å². The van der Waals surface area contributed by atoms with E-state index >= 15 is 0 Å². The number of halogens is 4. The summed E-state index contributed by atoms with van der Waals surface area (Å²) in [6, 6.07) is 10.1. The molecule has 0 N–H and O–H groups in total. The van der Waals surface area contributed by atoms with Gasteiger partial charge < -0.3 is 9.47 Å². The van der Waals surface area contributed by atoms with Crippen LogP contribution in [0.25, 0.3) is 0 Å². The molecule has 156 valence electrons. The largest absolute Gasteiger partial charge is 0.454 e. The molecule has 2 aromatic carbocycles. The number of hydrogen-bond donors (Lipinski definition) is 0. The molecule has 0 atom stereocenters. The number of pyridine rings is 1. The van der Waals surface area contributed by atoms with Crippen molar-refractivity contribution in [3.05, 3.63) is 81.3 Å². The van der Waals surface area contributed by atoms with Crippen molar-refractivity contribution in [2.75, 3.05) is 0 Å². The molecule has 0 unspecified atom stereocenters. The minimum Gasteiger partial charge on any atom is -0.454 e. The second-order valence-corrected chi connectivity index (χ2v) is 7.86. The highest BCUT2D eigenvalue weighted by Gasteiger charge is 2.25. The first-order valence-electron chi connectivity index (χ1n) is 8.85. The summed E-state index contributed by atoms with van der Waals surface area (Å²) in [5, 5.41) is 0.0215. The third-order valence-corrected chi connectivity index (χ3v) is 4.66. The number of nitrogens with zero attached hydrogens (tertiary/aromatic N) is 1. The number of esters is 1. The Balaban J connectivity index is 1.81. The van der Waals surface area contributed by atoms with Crippen LogP contribution in [0.5, 0.6) is 17.2 Å². The van der Waals surface area contributed by atoms with Gasteiger partial charge in [0.15, 0.2) is 0 Å². The summed E-state index contributed by atoms with van der Waals surface area (Å²) in [5.74, 6) is -1.44. The lowest BCUT2D eigenvalue weighted by Gasteiger charge is -2.16. The van der Waals surface area contributed by atoms with Crippen molar-refractivity contribution in [2.24, 2.45) is 0 Å². The molecule has 4 nitrogen and oxygen atoms in total. The summed E-state index contributed by atoms with van der Waals surface area (Å²) >= 11 is 12.2. The molecule has 0 saturated carbocycles. The Morgan fingerprint density at radius 3 is 2.30 bits per heavy atom. The van der Waals surface area contributed by atoms with E-state index in [2.05, 4.69) is 4.98 Å². The summed E-state index contributed by atoms with van der Waals surface area (Å²) in [6.45, 7) is 4.53. The van der Waals surface area contributed by atoms with Crippen molar-refractivity contribution < 1.29 is 23.0 Å². The molecule has 0 aliphatic rings. The Labute approximate surface area is 182 Å². The van der Waals surface area contributed by atoms with Crippen molar-refractivity contribution in [3.63, 3.8) is 0 Å². The van der Waals surface area contributed by atoms with Crippen LogP contribution < -0.4 is 9.47 Å². The quantitative estimate of drug-likeness (QED) is 0.307. The van der Waals surface area contributed by atoms with E-state index in [1.807, 2.05) is 6.92 Å². The number of carbonyl (C=O) groups is 1. The Bertz CT molecular complexity index is 1100. The summed E-state index contributed by atoms with van der Waals surface area (Å²) < 4.78 is 39.3. The lowest BCUT2D eigenvalue weighted by Crippen LogP contribution is -2.12. The molecule has 0 aliphatic carbocycles. The molecule has 0 aliphatic heterocycles. The van der Waals surface area contributed by atoms with Crippen LogP contribution in [0.3, 0.4) is 0 Å². The van der Waals surface area contributed by atoms with Gasteiger partial charge in [0.1, 0.15) is 28.7 Å². The predicted molar refractivity (Wildman–Crippen MR) is 111 cm³/mol. The van der Waals surface area contributed by atoms with Crippen LogP contribution in [0.4, 0.5) is 8.78 Å². The molecule has 3 rings (SSSR count). The minimum atomic E-state index is -1.74. The smallest absolute Gasteiger partial charge is 0.346 e. The van der Waals surface area contributed by atoms with E-state index in [4.69, 9.17) is 32.7 Å². The van der Waals surface area contributed by atoms with E-state index in [0.29, 0.717) is 0 Å². The molecular weight excluding hydrogens is 435 g/mol. The van der Waals surface area contributed by atoms with Crippen molar-refractivity contribution in [1.29, 1.82) is 0 Å². The van der Waals surface area contributed by atoms with Gasteiger partial charge in [-0.3, -0.25) is 4.98 Å². The standard InChI is InChI=1S/C22H17Cl2F2NO3/c1-12-4-6-13(7-5-12)30-21(28)15-9-16(23)19(10-18(15)25)29-14-8-17(24)20(27-11-14)22(2,3)26/h4-11H,1-3H3. The van der Waals surface area contributed by atoms with Gasteiger partial charge >= 0.3 is 5.97 Å². The predicted octanol–water partition coefficient (Wildman–Crippen LogP) is 7.05. The second-order valence-electron chi connectivity index (χ2n) is 7.04. The van der Waals surface area contributed by atoms with E-state index in [0.717, 1.165) is 17.7 Å². The van der Waals surface area contributed by atoms with Gasteiger partial charge in [0, 0.05) is 12.1 Å². The first-order valence-corrected chi connectivity index (χ1v) is 9.61. The molecule has 0 radical (unpaired) electrons. The van der Waals surface area contributed by atoms with Gasteiger partial charge in [-0.25, -0.2) is 13.6 Å². The molecule has 3 aromatic rings. The van der Waals surface area contributed by atoms with Gasteiger partial charge in [0.25, 0.3) is 0 Å². The van der Waals surface area contributed by atoms with Crippen molar-refractivity contribution >= 4 is 29.2 Å². The lowest BCUT2D eigenvalue weighted by atomic mass is 10.1. The maximum Gasteiger partial charge on any atom is 0.346 e.